The minimum atomic E-state index is -0.465. The second-order valence-corrected chi connectivity index (χ2v) is 9.59. The molecule has 0 saturated carbocycles. The highest BCUT2D eigenvalue weighted by Crippen LogP contribution is 2.25. The van der Waals surface area contributed by atoms with Crippen molar-refractivity contribution in [1.82, 2.24) is 30.2 Å². The molecule has 3 heterocycles. The van der Waals surface area contributed by atoms with Gasteiger partial charge in [0.2, 0.25) is 0 Å². The van der Waals surface area contributed by atoms with E-state index in [-0.39, 0.29) is 17.9 Å². The van der Waals surface area contributed by atoms with Crippen LogP contribution in [0.15, 0.2) is 77.5 Å². The maximum absolute atomic E-state index is 13.7. The van der Waals surface area contributed by atoms with Crippen molar-refractivity contribution in [3.63, 3.8) is 0 Å². The third-order valence-corrected chi connectivity index (χ3v) is 6.75. The van der Waals surface area contributed by atoms with Crippen LogP contribution in [0.5, 0.6) is 0 Å². The van der Waals surface area contributed by atoms with Gasteiger partial charge in [0.15, 0.2) is 11.6 Å². The van der Waals surface area contributed by atoms with E-state index in [1.54, 1.807) is 0 Å². The van der Waals surface area contributed by atoms with Crippen LogP contribution in [0.4, 0.5) is 4.39 Å². The third-order valence-electron chi connectivity index (χ3n) is 6.75. The number of halogens is 1. The molecule has 2 N–H and O–H groups in total. The number of oxazole rings is 1. The Bertz CT molecular complexity index is 1560. The van der Waals surface area contributed by atoms with Crippen molar-refractivity contribution >= 4 is 16.9 Å². The molecule has 0 radical (unpaired) electrons. The number of nitrogens with one attached hydrogen (secondary N) is 2. The largest absolute Gasteiger partial charge is 0.448 e. The van der Waals surface area contributed by atoms with Crippen LogP contribution in [0.3, 0.4) is 0 Å². The second-order valence-electron chi connectivity index (χ2n) is 9.59. The summed E-state index contributed by atoms with van der Waals surface area (Å²) in [4.78, 5) is 25.5. The zero-order valence-electron chi connectivity index (χ0n) is 22.6. The Morgan fingerprint density at radius 1 is 1.00 bits per heavy atom. The van der Waals surface area contributed by atoms with Crippen LogP contribution in [0, 0.1) is 5.82 Å². The smallest absolute Gasteiger partial charge is 0.273 e. The van der Waals surface area contributed by atoms with Gasteiger partial charge in [0, 0.05) is 38.7 Å². The predicted octanol–water partition coefficient (Wildman–Crippen LogP) is 5.33. The Morgan fingerprint density at radius 3 is 2.67 bits per heavy atom. The van der Waals surface area contributed by atoms with Crippen molar-refractivity contribution in [1.29, 1.82) is 0 Å². The topological polar surface area (TPSA) is 97.9 Å². The number of hydrogen-bond acceptors (Lipinski definition) is 6. The van der Waals surface area contributed by atoms with E-state index in [1.165, 1.54) is 41.2 Å². The molecule has 0 spiro atoms. The van der Waals surface area contributed by atoms with E-state index in [2.05, 4.69) is 74.6 Å². The molecular formula is C31H33FN6O2. The van der Waals surface area contributed by atoms with Crippen molar-refractivity contribution in [3.8, 4) is 11.1 Å². The molecule has 8 nitrogen and oxygen atoms in total. The number of fused-ring (bicyclic) bond motifs is 1. The van der Waals surface area contributed by atoms with E-state index in [9.17, 15) is 9.18 Å². The maximum Gasteiger partial charge on any atom is 0.273 e. The molecule has 206 valence electrons. The molecule has 0 aliphatic rings. The number of benzene rings is 2. The highest BCUT2D eigenvalue weighted by molar-refractivity contribution is 5.91. The first-order valence-electron chi connectivity index (χ1n) is 13.7. The number of unbranched alkanes of at least 4 members (excludes halogenated alkanes) is 1. The predicted molar refractivity (Wildman–Crippen MR) is 152 cm³/mol. The summed E-state index contributed by atoms with van der Waals surface area (Å²) in [6.45, 7) is 4.52. The number of amides is 1. The quantitative estimate of drug-likeness (QED) is 0.196. The van der Waals surface area contributed by atoms with Crippen LogP contribution in [0.1, 0.15) is 47.7 Å². The molecule has 0 saturated heterocycles. The average Bonchev–Trinajstić information content (AvgIpc) is 3.60. The lowest BCUT2D eigenvalue weighted by atomic mass is 10.1. The first-order chi connectivity index (χ1) is 19.6. The van der Waals surface area contributed by atoms with Crippen molar-refractivity contribution < 1.29 is 13.6 Å². The third kappa shape index (κ3) is 6.60. The zero-order chi connectivity index (χ0) is 27.7. The molecule has 5 aromatic rings. The summed E-state index contributed by atoms with van der Waals surface area (Å²) in [5.74, 6) is 0.632. The van der Waals surface area contributed by atoms with Crippen LogP contribution < -0.4 is 10.6 Å². The number of carbonyl (C=O) groups excluding carboxylic acids is 1. The molecule has 9 heteroatoms. The van der Waals surface area contributed by atoms with E-state index in [1.807, 2.05) is 6.07 Å². The Morgan fingerprint density at radius 2 is 1.85 bits per heavy atom. The van der Waals surface area contributed by atoms with Gasteiger partial charge >= 0.3 is 0 Å². The number of aryl methyl sites for hydroxylation is 1. The summed E-state index contributed by atoms with van der Waals surface area (Å²) in [7, 11) is 0. The fourth-order valence-electron chi connectivity index (χ4n) is 4.59. The van der Waals surface area contributed by atoms with Gasteiger partial charge in [-0.3, -0.25) is 9.78 Å². The normalized spacial score (nSPS) is 11.2. The van der Waals surface area contributed by atoms with Gasteiger partial charge in [-0.15, -0.1) is 0 Å². The van der Waals surface area contributed by atoms with E-state index in [0.717, 1.165) is 43.7 Å². The fraction of sp³-hybridized carbons (Fsp3) is 0.290. The average molecular weight is 541 g/mol. The molecule has 5 rings (SSSR count). The lowest BCUT2D eigenvalue weighted by molar-refractivity contribution is 0.0945. The minimum absolute atomic E-state index is 0.0220. The zero-order valence-corrected chi connectivity index (χ0v) is 22.6. The minimum Gasteiger partial charge on any atom is -0.448 e. The van der Waals surface area contributed by atoms with Gasteiger partial charge in [-0.25, -0.2) is 14.4 Å². The Labute approximate surface area is 232 Å². The van der Waals surface area contributed by atoms with Gasteiger partial charge in [0.1, 0.15) is 17.9 Å². The van der Waals surface area contributed by atoms with Crippen molar-refractivity contribution in [2.24, 2.45) is 0 Å². The van der Waals surface area contributed by atoms with Gasteiger partial charge < -0.3 is 19.6 Å². The van der Waals surface area contributed by atoms with Crippen LogP contribution in [0.25, 0.3) is 22.2 Å². The number of imidazole rings is 1. The summed E-state index contributed by atoms with van der Waals surface area (Å²) in [5.41, 5.74) is 4.90. The van der Waals surface area contributed by atoms with Gasteiger partial charge in [-0.1, -0.05) is 49.7 Å². The van der Waals surface area contributed by atoms with Crippen LogP contribution >= 0.6 is 0 Å². The molecular weight excluding hydrogens is 507 g/mol. The first kappa shape index (κ1) is 27.2. The number of pyridine rings is 1. The van der Waals surface area contributed by atoms with Crippen molar-refractivity contribution in [2.45, 2.75) is 45.7 Å². The van der Waals surface area contributed by atoms with Crippen molar-refractivity contribution in [2.75, 3.05) is 13.1 Å². The number of carbonyl (C=O) groups is 1. The van der Waals surface area contributed by atoms with Gasteiger partial charge in [-0.2, -0.15) is 0 Å². The molecule has 2 aromatic carbocycles. The lowest BCUT2D eigenvalue weighted by Crippen LogP contribution is -2.24. The summed E-state index contributed by atoms with van der Waals surface area (Å²) < 4.78 is 21.5. The lowest BCUT2D eigenvalue weighted by Gasteiger charge is -2.10. The SMILES string of the molecule is CCCCn1c(CCNCCc2nc(C(=O)NCc3ncccc3F)co2)nc2ccc(-c3ccccc3)cc21. The molecule has 40 heavy (non-hydrogen) atoms. The summed E-state index contributed by atoms with van der Waals surface area (Å²) >= 11 is 0. The number of nitrogens with zero attached hydrogens (tertiary/aromatic N) is 4. The van der Waals surface area contributed by atoms with Crippen molar-refractivity contribution in [3.05, 3.63) is 102 Å². The van der Waals surface area contributed by atoms with Gasteiger partial charge in [-0.05, 0) is 41.8 Å². The van der Waals surface area contributed by atoms with E-state index >= 15 is 0 Å². The number of aromatic nitrogens is 4. The Balaban J connectivity index is 1.14. The second kappa shape index (κ2) is 13.1. The number of rotatable bonds is 13. The molecule has 1 amide bonds. The molecule has 0 bridgehead atoms. The number of hydrogen-bond donors (Lipinski definition) is 2. The van der Waals surface area contributed by atoms with Crippen LogP contribution in [0.2, 0.25) is 0 Å². The Kier molecular flexibility index (Phi) is 8.93. The molecule has 0 aliphatic carbocycles. The first-order valence-corrected chi connectivity index (χ1v) is 13.7. The standard InChI is InChI=1S/C31H33FN6O2/c1-2-3-18-38-28-19-23(22-8-5-4-6-9-22)11-12-25(28)36-29(38)13-16-33-17-14-30-37-27(21-40-30)31(39)35-20-26-24(32)10-7-15-34-26/h4-12,15,19,21,33H,2-3,13-14,16-18,20H2,1H3,(H,35,39). The molecule has 3 aromatic heterocycles. The fourth-order valence-corrected chi connectivity index (χ4v) is 4.59. The summed E-state index contributed by atoms with van der Waals surface area (Å²) in [6, 6.07) is 19.7. The van der Waals surface area contributed by atoms with Crippen LogP contribution in [-0.4, -0.2) is 38.5 Å². The van der Waals surface area contributed by atoms with Gasteiger partial charge in [0.25, 0.3) is 5.91 Å². The molecule has 0 aliphatic heterocycles. The Hall–Kier alpha value is -4.37. The summed E-state index contributed by atoms with van der Waals surface area (Å²) in [5, 5.41) is 6.05. The maximum atomic E-state index is 13.7. The van der Waals surface area contributed by atoms with E-state index < -0.39 is 11.7 Å². The highest BCUT2D eigenvalue weighted by Gasteiger charge is 2.14. The summed E-state index contributed by atoms with van der Waals surface area (Å²) in [6.07, 6.45) is 6.34. The highest BCUT2D eigenvalue weighted by atomic mass is 19.1. The van der Waals surface area contributed by atoms with E-state index in [4.69, 9.17) is 9.40 Å². The van der Waals surface area contributed by atoms with E-state index in [0.29, 0.717) is 18.9 Å². The van der Waals surface area contributed by atoms with Crippen LogP contribution in [-0.2, 0) is 25.9 Å². The van der Waals surface area contributed by atoms with Gasteiger partial charge in [0.05, 0.1) is 23.3 Å². The monoisotopic (exact) mass is 540 g/mol. The molecule has 0 atom stereocenters. The molecule has 0 unspecified atom stereocenters. The molecule has 0 fully saturated rings.